The number of thiocarbonyl (C=S) groups is 1. The molecule has 0 spiro atoms. The van der Waals surface area contributed by atoms with Crippen LogP contribution in [0.4, 0.5) is 0 Å². The van der Waals surface area contributed by atoms with Crippen molar-refractivity contribution >= 4 is 17.3 Å². The van der Waals surface area contributed by atoms with E-state index in [9.17, 15) is 0 Å². The fourth-order valence-corrected chi connectivity index (χ4v) is 1.28. The molecule has 2 nitrogen and oxygen atoms in total. The molecule has 0 bridgehead atoms. The summed E-state index contributed by atoms with van der Waals surface area (Å²) in [5.74, 6) is 0.668. The zero-order valence-electron chi connectivity index (χ0n) is 9.18. The van der Waals surface area contributed by atoms with Crippen LogP contribution in [0.2, 0.25) is 0 Å². The standard InChI is InChI=1S/C10H22N2S/c1-5-7-11-10(13)12-9(4)8(3)6-2/h8-9H,5-7H2,1-4H3,(H2,11,12,13). The molecular weight excluding hydrogens is 180 g/mol. The van der Waals surface area contributed by atoms with Crippen molar-refractivity contribution in [3.05, 3.63) is 0 Å². The maximum Gasteiger partial charge on any atom is 0.166 e. The Morgan fingerprint density at radius 3 is 2.38 bits per heavy atom. The van der Waals surface area contributed by atoms with Crippen molar-refractivity contribution in [1.29, 1.82) is 0 Å². The van der Waals surface area contributed by atoms with E-state index in [1.54, 1.807) is 0 Å². The molecule has 78 valence electrons. The molecule has 0 aliphatic rings. The second-order valence-corrected chi connectivity index (χ2v) is 3.98. The van der Waals surface area contributed by atoms with E-state index in [0.717, 1.165) is 18.1 Å². The van der Waals surface area contributed by atoms with Crippen molar-refractivity contribution < 1.29 is 0 Å². The van der Waals surface area contributed by atoms with Crippen molar-refractivity contribution in [3.63, 3.8) is 0 Å². The fourth-order valence-electron chi connectivity index (χ4n) is 0.992. The quantitative estimate of drug-likeness (QED) is 0.669. The summed E-state index contributed by atoms with van der Waals surface area (Å²) in [6.07, 6.45) is 2.30. The van der Waals surface area contributed by atoms with E-state index in [4.69, 9.17) is 12.2 Å². The summed E-state index contributed by atoms with van der Waals surface area (Å²) in [7, 11) is 0. The SMILES string of the molecule is CCCNC(=S)NC(C)C(C)CC. The van der Waals surface area contributed by atoms with Crippen molar-refractivity contribution in [2.75, 3.05) is 6.54 Å². The largest absolute Gasteiger partial charge is 0.363 e. The average molecular weight is 202 g/mol. The monoisotopic (exact) mass is 202 g/mol. The third kappa shape index (κ3) is 5.86. The maximum atomic E-state index is 5.14. The Bertz CT molecular complexity index is 148. The molecule has 3 heteroatoms. The Morgan fingerprint density at radius 2 is 1.92 bits per heavy atom. The predicted molar refractivity (Wildman–Crippen MR) is 62.9 cm³/mol. The molecule has 0 radical (unpaired) electrons. The minimum Gasteiger partial charge on any atom is -0.363 e. The van der Waals surface area contributed by atoms with Crippen molar-refractivity contribution in [3.8, 4) is 0 Å². The average Bonchev–Trinajstić information content (AvgIpc) is 2.13. The Labute approximate surface area is 87.5 Å². The number of rotatable bonds is 5. The lowest BCUT2D eigenvalue weighted by molar-refractivity contribution is 0.435. The number of hydrogen-bond acceptors (Lipinski definition) is 1. The van der Waals surface area contributed by atoms with Crippen molar-refractivity contribution in [1.82, 2.24) is 10.6 Å². The molecule has 2 N–H and O–H groups in total. The van der Waals surface area contributed by atoms with Gasteiger partial charge in [-0.1, -0.05) is 27.2 Å². The van der Waals surface area contributed by atoms with E-state index < -0.39 is 0 Å². The number of nitrogens with one attached hydrogen (secondary N) is 2. The molecule has 0 aromatic rings. The van der Waals surface area contributed by atoms with Crippen LogP contribution in [0.1, 0.15) is 40.5 Å². The molecule has 2 unspecified atom stereocenters. The van der Waals surface area contributed by atoms with E-state index in [2.05, 4.69) is 38.3 Å². The molecule has 0 saturated heterocycles. The first kappa shape index (κ1) is 12.7. The molecule has 0 aromatic carbocycles. The Balaban J connectivity index is 3.64. The molecule has 0 aliphatic heterocycles. The Hall–Kier alpha value is -0.310. The van der Waals surface area contributed by atoms with E-state index >= 15 is 0 Å². The summed E-state index contributed by atoms with van der Waals surface area (Å²) in [6, 6.07) is 0.460. The fraction of sp³-hybridized carbons (Fsp3) is 0.900. The van der Waals surface area contributed by atoms with Gasteiger partial charge in [0.1, 0.15) is 0 Å². The van der Waals surface area contributed by atoms with Gasteiger partial charge in [0.25, 0.3) is 0 Å². The van der Waals surface area contributed by atoms with E-state index in [0.29, 0.717) is 12.0 Å². The second-order valence-electron chi connectivity index (χ2n) is 3.57. The van der Waals surface area contributed by atoms with Crippen LogP contribution >= 0.6 is 12.2 Å². The first-order valence-corrected chi connectivity index (χ1v) is 5.57. The van der Waals surface area contributed by atoms with Gasteiger partial charge in [0.05, 0.1) is 0 Å². The highest BCUT2D eigenvalue weighted by Crippen LogP contribution is 2.05. The molecule has 0 heterocycles. The molecule has 2 atom stereocenters. The molecule has 13 heavy (non-hydrogen) atoms. The van der Waals surface area contributed by atoms with Crippen LogP contribution in [-0.4, -0.2) is 17.7 Å². The van der Waals surface area contributed by atoms with Gasteiger partial charge < -0.3 is 10.6 Å². The lowest BCUT2D eigenvalue weighted by atomic mass is 10.0. The van der Waals surface area contributed by atoms with Gasteiger partial charge in [0, 0.05) is 12.6 Å². The highest BCUT2D eigenvalue weighted by molar-refractivity contribution is 7.80. The van der Waals surface area contributed by atoms with Crippen LogP contribution in [-0.2, 0) is 0 Å². The van der Waals surface area contributed by atoms with Gasteiger partial charge >= 0.3 is 0 Å². The van der Waals surface area contributed by atoms with Gasteiger partial charge in [0.15, 0.2) is 5.11 Å². The molecule has 0 amide bonds. The molecule has 0 rings (SSSR count). The maximum absolute atomic E-state index is 5.14. The van der Waals surface area contributed by atoms with Crippen LogP contribution in [0.15, 0.2) is 0 Å². The lowest BCUT2D eigenvalue weighted by Gasteiger charge is -2.21. The topological polar surface area (TPSA) is 24.1 Å². The van der Waals surface area contributed by atoms with Gasteiger partial charge in [0.2, 0.25) is 0 Å². The Kier molecular flexibility index (Phi) is 6.96. The molecular formula is C10H22N2S. The minimum absolute atomic E-state index is 0.460. The Morgan fingerprint density at radius 1 is 1.31 bits per heavy atom. The normalized spacial score (nSPS) is 14.8. The highest BCUT2D eigenvalue weighted by Gasteiger charge is 2.10. The smallest absolute Gasteiger partial charge is 0.166 e. The molecule has 0 fully saturated rings. The van der Waals surface area contributed by atoms with Crippen LogP contribution in [0.3, 0.4) is 0 Å². The van der Waals surface area contributed by atoms with Crippen molar-refractivity contribution in [2.24, 2.45) is 5.92 Å². The third-order valence-corrected chi connectivity index (χ3v) is 2.65. The molecule has 0 saturated carbocycles. The zero-order chi connectivity index (χ0) is 10.3. The number of hydrogen-bond donors (Lipinski definition) is 2. The third-order valence-electron chi connectivity index (χ3n) is 2.39. The lowest BCUT2D eigenvalue weighted by Crippen LogP contribution is -2.43. The van der Waals surface area contributed by atoms with E-state index in [1.165, 1.54) is 6.42 Å². The van der Waals surface area contributed by atoms with Crippen LogP contribution in [0, 0.1) is 5.92 Å². The van der Waals surface area contributed by atoms with Crippen LogP contribution in [0.25, 0.3) is 0 Å². The minimum atomic E-state index is 0.460. The summed E-state index contributed by atoms with van der Waals surface area (Å²) in [6.45, 7) is 9.70. The zero-order valence-corrected chi connectivity index (χ0v) is 10.0. The predicted octanol–water partition coefficient (Wildman–Crippen LogP) is 2.30. The van der Waals surface area contributed by atoms with Crippen LogP contribution in [0.5, 0.6) is 0 Å². The summed E-state index contributed by atoms with van der Waals surface area (Å²) in [5.41, 5.74) is 0. The van der Waals surface area contributed by atoms with Crippen molar-refractivity contribution in [2.45, 2.75) is 46.6 Å². The van der Waals surface area contributed by atoms with E-state index in [1.807, 2.05) is 0 Å². The van der Waals surface area contributed by atoms with Gasteiger partial charge in [-0.15, -0.1) is 0 Å². The van der Waals surface area contributed by atoms with Gasteiger partial charge in [-0.05, 0) is 31.5 Å². The second kappa shape index (κ2) is 7.13. The molecule has 0 aliphatic carbocycles. The highest BCUT2D eigenvalue weighted by atomic mass is 32.1. The molecule has 0 aromatic heterocycles. The van der Waals surface area contributed by atoms with Gasteiger partial charge in [-0.25, -0.2) is 0 Å². The summed E-state index contributed by atoms with van der Waals surface area (Å²) in [4.78, 5) is 0. The summed E-state index contributed by atoms with van der Waals surface area (Å²) in [5, 5.41) is 7.23. The summed E-state index contributed by atoms with van der Waals surface area (Å²) >= 11 is 5.14. The first-order chi connectivity index (χ1) is 6.11. The van der Waals surface area contributed by atoms with Crippen LogP contribution < -0.4 is 10.6 Å². The first-order valence-electron chi connectivity index (χ1n) is 5.16. The van der Waals surface area contributed by atoms with E-state index in [-0.39, 0.29) is 0 Å². The van der Waals surface area contributed by atoms with Gasteiger partial charge in [-0.3, -0.25) is 0 Å². The summed E-state index contributed by atoms with van der Waals surface area (Å²) < 4.78 is 0. The van der Waals surface area contributed by atoms with Gasteiger partial charge in [-0.2, -0.15) is 0 Å².